The average molecular weight is 366 g/mol. The minimum Gasteiger partial charge on any atom is -0.274 e. The fourth-order valence-electron chi connectivity index (χ4n) is 5.89. The van der Waals surface area contributed by atoms with Gasteiger partial charge in [0.25, 0.3) is 0 Å². The third-order valence-electron chi connectivity index (χ3n) is 6.95. The number of nitrogens with zero attached hydrogens (tertiary/aromatic N) is 2. The van der Waals surface area contributed by atoms with E-state index < -0.39 is 11.3 Å². The first-order chi connectivity index (χ1) is 13.6. The van der Waals surface area contributed by atoms with Crippen LogP contribution in [0.4, 0.5) is 5.69 Å². The minimum atomic E-state index is -0.518. The first-order valence-electron chi connectivity index (χ1n) is 9.60. The number of anilines is 1. The lowest BCUT2D eigenvalue weighted by Gasteiger charge is -2.52. The summed E-state index contributed by atoms with van der Waals surface area (Å²) >= 11 is 0. The molecule has 0 saturated carbocycles. The van der Waals surface area contributed by atoms with Crippen molar-refractivity contribution in [3.8, 4) is 0 Å². The Morgan fingerprint density at radius 1 is 0.857 bits per heavy atom. The fraction of sp³-hybridized carbons (Fsp3) is 0.208. The topological polar surface area (TPSA) is 50.3 Å². The molecule has 4 nitrogen and oxygen atoms in total. The Morgan fingerprint density at radius 2 is 1.50 bits per heavy atom. The molecule has 2 aromatic carbocycles. The van der Waals surface area contributed by atoms with Crippen LogP contribution in [0.2, 0.25) is 0 Å². The Balaban J connectivity index is 1.64. The van der Waals surface area contributed by atoms with Crippen LogP contribution in [0.3, 0.4) is 0 Å². The monoisotopic (exact) mass is 366 g/mol. The highest BCUT2D eigenvalue weighted by molar-refractivity contribution is 6.23. The third-order valence-corrected chi connectivity index (χ3v) is 6.95. The number of imide groups is 1. The van der Waals surface area contributed by atoms with Gasteiger partial charge in [0.2, 0.25) is 11.8 Å². The molecule has 28 heavy (non-hydrogen) atoms. The van der Waals surface area contributed by atoms with Gasteiger partial charge in [-0.15, -0.1) is 0 Å². The van der Waals surface area contributed by atoms with Crippen LogP contribution in [0.5, 0.6) is 0 Å². The van der Waals surface area contributed by atoms with Gasteiger partial charge < -0.3 is 0 Å². The molecule has 2 heterocycles. The summed E-state index contributed by atoms with van der Waals surface area (Å²) in [4.78, 5) is 32.7. The van der Waals surface area contributed by atoms with Gasteiger partial charge in [-0.05, 0) is 34.4 Å². The number of amides is 2. The van der Waals surface area contributed by atoms with E-state index in [0.717, 1.165) is 0 Å². The van der Waals surface area contributed by atoms with Gasteiger partial charge in [-0.1, -0.05) is 55.5 Å². The summed E-state index contributed by atoms with van der Waals surface area (Å²) in [7, 11) is 0. The van der Waals surface area contributed by atoms with Crippen molar-refractivity contribution in [2.45, 2.75) is 18.3 Å². The first-order valence-corrected chi connectivity index (χ1v) is 9.60. The lowest BCUT2D eigenvalue weighted by molar-refractivity contribution is -0.123. The van der Waals surface area contributed by atoms with Crippen LogP contribution in [-0.4, -0.2) is 16.8 Å². The number of hydrogen-bond acceptors (Lipinski definition) is 3. The van der Waals surface area contributed by atoms with Crippen LogP contribution < -0.4 is 4.90 Å². The van der Waals surface area contributed by atoms with Gasteiger partial charge in [-0.25, -0.2) is 4.90 Å². The zero-order valence-electron chi connectivity index (χ0n) is 15.4. The second kappa shape index (κ2) is 5.16. The molecule has 1 aliphatic heterocycles. The smallest absolute Gasteiger partial charge is 0.239 e. The highest BCUT2D eigenvalue weighted by Crippen LogP contribution is 2.63. The van der Waals surface area contributed by atoms with Gasteiger partial charge >= 0.3 is 0 Å². The van der Waals surface area contributed by atoms with Gasteiger partial charge in [0.15, 0.2) is 0 Å². The van der Waals surface area contributed by atoms with E-state index in [2.05, 4.69) is 36.2 Å². The standard InChI is InChI=1S/C24H18N2O2/c1-24-17-10-4-2-8-15(17)19(16-9-3-5-11-18(16)24)20-21(24)23(28)26(22(20)27)14-7-6-12-25-13-14/h2-13,19-21H,1H3/t19?,20-,21+,24?/m1/s1. The van der Waals surface area contributed by atoms with Crippen LogP contribution in [0.25, 0.3) is 0 Å². The predicted molar refractivity (Wildman–Crippen MR) is 105 cm³/mol. The van der Waals surface area contributed by atoms with Crippen LogP contribution >= 0.6 is 0 Å². The highest BCUT2D eigenvalue weighted by Gasteiger charge is 2.66. The summed E-state index contributed by atoms with van der Waals surface area (Å²) in [6.07, 6.45) is 3.25. The van der Waals surface area contributed by atoms with E-state index in [9.17, 15) is 9.59 Å². The summed E-state index contributed by atoms with van der Waals surface area (Å²) in [6, 6.07) is 20.1. The summed E-state index contributed by atoms with van der Waals surface area (Å²) in [5.41, 5.74) is 4.75. The number of carbonyl (C=O) groups excluding carboxylic acids is 2. The molecule has 1 fully saturated rings. The van der Waals surface area contributed by atoms with Gasteiger partial charge in [0.1, 0.15) is 0 Å². The number of rotatable bonds is 1. The molecule has 2 amide bonds. The fourth-order valence-corrected chi connectivity index (χ4v) is 5.89. The second-order valence-electron chi connectivity index (χ2n) is 8.08. The van der Waals surface area contributed by atoms with Crippen molar-refractivity contribution in [1.29, 1.82) is 0 Å². The Bertz CT molecular complexity index is 1110. The predicted octanol–water partition coefficient (Wildman–Crippen LogP) is 3.65. The molecule has 3 aromatic rings. The number of pyridine rings is 1. The van der Waals surface area contributed by atoms with E-state index in [-0.39, 0.29) is 23.7 Å². The van der Waals surface area contributed by atoms with Gasteiger partial charge in [0.05, 0.1) is 23.7 Å². The molecule has 4 aliphatic rings. The molecular formula is C24H18N2O2. The van der Waals surface area contributed by atoms with Crippen LogP contribution in [-0.2, 0) is 15.0 Å². The van der Waals surface area contributed by atoms with Crippen LogP contribution in [0, 0.1) is 11.8 Å². The number of carbonyl (C=O) groups is 2. The van der Waals surface area contributed by atoms with Gasteiger partial charge in [-0.3, -0.25) is 14.6 Å². The van der Waals surface area contributed by atoms with Crippen molar-refractivity contribution in [3.05, 3.63) is 95.3 Å². The Kier molecular flexibility index (Phi) is 2.91. The SMILES string of the molecule is CC12c3ccccc3C(c3ccccc31)[C@H]1C(=O)N(c3cccnc3)C(=O)[C@H]12. The van der Waals surface area contributed by atoms with E-state index in [0.29, 0.717) is 5.69 Å². The zero-order chi connectivity index (χ0) is 19.0. The molecule has 3 aliphatic carbocycles. The molecule has 7 rings (SSSR count). The second-order valence-corrected chi connectivity index (χ2v) is 8.08. The largest absolute Gasteiger partial charge is 0.274 e. The zero-order valence-corrected chi connectivity index (χ0v) is 15.4. The Labute approximate surface area is 162 Å². The van der Waals surface area contributed by atoms with Crippen LogP contribution in [0.1, 0.15) is 35.1 Å². The summed E-state index contributed by atoms with van der Waals surface area (Å²) < 4.78 is 0. The molecule has 4 heteroatoms. The van der Waals surface area contributed by atoms with Crippen molar-refractivity contribution < 1.29 is 9.59 Å². The van der Waals surface area contributed by atoms with Crippen LogP contribution in [0.15, 0.2) is 73.1 Å². The lowest BCUT2D eigenvalue weighted by Crippen LogP contribution is -2.51. The van der Waals surface area contributed by atoms with Crippen molar-refractivity contribution in [2.75, 3.05) is 4.90 Å². The maximum absolute atomic E-state index is 13.6. The minimum absolute atomic E-state index is 0.0858. The Hall–Kier alpha value is -3.27. The van der Waals surface area contributed by atoms with E-state index in [1.807, 2.05) is 24.3 Å². The molecule has 0 N–H and O–H groups in total. The summed E-state index contributed by atoms with van der Waals surface area (Å²) in [6.45, 7) is 2.13. The van der Waals surface area contributed by atoms with Gasteiger partial charge in [-0.2, -0.15) is 0 Å². The van der Waals surface area contributed by atoms with Crippen molar-refractivity contribution >= 4 is 17.5 Å². The molecule has 2 atom stereocenters. The molecule has 1 saturated heterocycles. The van der Waals surface area contributed by atoms with Crippen molar-refractivity contribution in [2.24, 2.45) is 11.8 Å². The molecular weight excluding hydrogens is 348 g/mol. The molecule has 2 bridgehead atoms. The first kappa shape index (κ1) is 15.8. The maximum Gasteiger partial charge on any atom is 0.239 e. The summed E-state index contributed by atoms with van der Waals surface area (Å²) in [5, 5.41) is 0. The number of hydrogen-bond donors (Lipinski definition) is 0. The number of benzene rings is 2. The van der Waals surface area contributed by atoms with Crippen molar-refractivity contribution in [3.63, 3.8) is 0 Å². The highest BCUT2D eigenvalue weighted by atomic mass is 16.2. The van der Waals surface area contributed by atoms with E-state index in [1.165, 1.54) is 27.2 Å². The molecule has 0 radical (unpaired) electrons. The van der Waals surface area contributed by atoms with Gasteiger partial charge in [0, 0.05) is 17.5 Å². The molecule has 0 spiro atoms. The lowest BCUT2D eigenvalue weighted by atomic mass is 9.48. The Morgan fingerprint density at radius 3 is 2.11 bits per heavy atom. The summed E-state index contributed by atoms with van der Waals surface area (Å²) in [5.74, 6) is -1.07. The van der Waals surface area contributed by atoms with E-state index in [1.54, 1.807) is 24.5 Å². The number of aromatic nitrogens is 1. The molecule has 136 valence electrons. The van der Waals surface area contributed by atoms with E-state index in [4.69, 9.17) is 0 Å². The third kappa shape index (κ3) is 1.65. The molecule has 1 aromatic heterocycles. The maximum atomic E-state index is 13.6. The quantitative estimate of drug-likeness (QED) is 0.618. The average Bonchev–Trinajstić information content (AvgIpc) is 3.01. The van der Waals surface area contributed by atoms with E-state index >= 15 is 0 Å². The molecule has 0 unspecified atom stereocenters. The van der Waals surface area contributed by atoms with Crippen molar-refractivity contribution in [1.82, 2.24) is 4.98 Å². The normalized spacial score (nSPS) is 29.5.